The van der Waals surface area contributed by atoms with Crippen LogP contribution < -0.4 is 5.32 Å². The largest absolute Gasteiger partial charge is 0.418 e. The lowest BCUT2D eigenvalue weighted by Crippen LogP contribution is -2.39. The van der Waals surface area contributed by atoms with Crippen molar-refractivity contribution in [3.63, 3.8) is 0 Å². The van der Waals surface area contributed by atoms with E-state index in [-0.39, 0.29) is 10.9 Å². The summed E-state index contributed by atoms with van der Waals surface area (Å²) >= 11 is 5.58. The second kappa shape index (κ2) is 7.42. The first-order chi connectivity index (χ1) is 11.2. The first-order valence-corrected chi connectivity index (χ1v) is 7.99. The fourth-order valence-corrected chi connectivity index (χ4v) is 2.73. The predicted octanol–water partition coefficient (Wildman–Crippen LogP) is 3.95. The normalized spacial score (nSPS) is 16.1. The zero-order chi connectivity index (χ0) is 17.9. The Hall–Kier alpha value is -1.76. The summed E-state index contributed by atoms with van der Waals surface area (Å²) in [5.41, 5.74) is -1.44. The predicted molar refractivity (Wildman–Crippen MR) is 84.7 cm³/mol. The van der Waals surface area contributed by atoms with Crippen molar-refractivity contribution in [1.82, 2.24) is 4.90 Å². The van der Waals surface area contributed by atoms with Gasteiger partial charge in [-0.2, -0.15) is 13.2 Å². The standard InChI is InChI=1S/C16H18ClF3N2O2/c1-10-4-6-22(7-5-10)15(24)9-14(23)21-13-3-2-11(17)8-12(13)16(18,19)20/h2-3,8,10H,4-7,9H2,1H3,(H,21,23). The molecule has 0 bridgehead atoms. The fraction of sp³-hybridized carbons (Fsp3) is 0.500. The van der Waals surface area contributed by atoms with Crippen LogP contribution in [0.3, 0.4) is 0 Å². The molecule has 0 aliphatic carbocycles. The van der Waals surface area contributed by atoms with Crippen LogP contribution in [0.25, 0.3) is 0 Å². The van der Waals surface area contributed by atoms with Crippen LogP contribution >= 0.6 is 11.6 Å². The molecule has 1 N–H and O–H groups in total. The van der Waals surface area contributed by atoms with Crippen LogP contribution in [0.5, 0.6) is 0 Å². The molecule has 0 aromatic heterocycles. The highest BCUT2D eigenvalue weighted by atomic mass is 35.5. The molecule has 8 heteroatoms. The van der Waals surface area contributed by atoms with E-state index in [9.17, 15) is 22.8 Å². The molecule has 2 amide bonds. The van der Waals surface area contributed by atoms with Gasteiger partial charge in [0.25, 0.3) is 0 Å². The summed E-state index contributed by atoms with van der Waals surface area (Å²) in [7, 11) is 0. The Kier molecular flexibility index (Phi) is 5.74. The van der Waals surface area contributed by atoms with Gasteiger partial charge in [-0.1, -0.05) is 18.5 Å². The van der Waals surface area contributed by atoms with Crippen molar-refractivity contribution >= 4 is 29.1 Å². The highest BCUT2D eigenvalue weighted by Gasteiger charge is 2.34. The molecule has 4 nitrogen and oxygen atoms in total. The Labute approximate surface area is 143 Å². The highest BCUT2D eigenvalue weighted by Crippen LogP contribution is 2.36. The summed E-state index contributed by atoms with van der Waals surface area (Å²) in [6.45, 7) is 3.23. The van der Waals surface area contributed by atoms with E-state index in [4.69, 9.17) is 11.6 Å². The summed E-state index contributed by atoms with van der Waals surface area (Å²) in [5.74, 6) is -0.611. The van der Waals surface area contributed by atoms with Gasteiger partial charge in [0.05, 0.1) is 11.3 Å². The minimum absolute atomic E-state index is 0.0844. The first-order valence-electron chi connectivity index (χ1n) is 7.61. The smallest absolute Gasteiger partial charge is 0.342 e. The van der Waals surface area contributed by atoms with Crippen LogP contribution in [0.1, 0.15) is 31.7 Å². The number of likely N-dealkylation sites (tertiary alicyclic amines) is 1. The van der Waals surface area contributed by atoms with Crippen molar-refractivity contribution in [2.24, 2.45) is 5.92 Å². The van der Waals surface area contributed by atoms with Crippen LogP contribution in [0.2, 0.25) is 5.02 Å². The van der Waals surface area contributed by atoms with E-state index < -0.39 is 29.8 Å². The van der Waals surface area contributed by atoms with Gasteiger partial charge in [0.15, 0.2) is 0 Å². The number of hydrogen-bond acceptors (Lipinski definition) is 2. The lowest BCUT2D eigenvalue weighted by atomic mass is 9.99. The van der Waals surface area contributed by atoms with Gasteiger partial charge in [0.1, 0.15) is 6.42 Å². The lowest BCUT2D eigenvalue weighted by molar-refractivity contribution is -0.137. The van der Waals surface area contributed by atoms with E-state index >= 15 is 0 Å². The zero-order valence-corrected chi connectivity index (χ0v) is 13.9. The van der Waals surface area contributed by atoms with Gasteiger partial charge >= 0.3 is 6.18 Å². The van der Waals surface area contributed by atoms with E-state index in [1.165, 1.54) is 6.07 Å². The molecule has 2 rings (SSSR count). The Morgan fingerprint density at radius 3 is 2.50 bits per heavy atom. The molecule has 1 fully saturated rings. The molecule has 1 aromatic carbocycles. The number of amides is 2. The number of nitrogens with zero attached hydrogens (tertiary/aromatic N) is 1. The number of piperidine rings is 1. The average Bonchev–Trinajstić information content (AvgIpc) is 2.48. The molecule has 1 aliphatic heterocycles. The van der Waals surface area contributed by atoms with E-state index in [0.717, 1.165) is 25.0 Å². The number of rotatable bonds is 3. The summed E-state index contributed by atoms with van der Waals surface area (Å²) in [6, 6.07) is 3.07. The molecule has 1 aromatic rings. The molecule has 0 unspecified atom stereocenters. The van der Waals surface area contributed by atoms with Gasteiger partial charge in [-0.3, -0.25) is 9.59 Å². The maximum atomic E-state index is 13.0. The second-order valence-electron chi connectivity index (χ2n) is 5.98. The van der Waals surface area contributed by atoms with Gasteiger partial charge in [0, 0.05) is 18.1 Å². The number of carbonyl (C=O) groups excluding carboxylic acids is 2. The Balaban J connectivity index is 2.01. The summed E-state index contributed by atoms with van der Waals surface area (Å²) in [6.07, 6.45) is -3.40. The van der Waals surface area contributed by atoms with Crippen LogP contribution in [0.15, 0.2) is 18.2 Å². The third-order valence-corrected chi connectivity index (χ3v) is 4.24. The summed E-state index contributed by atoms with van der Waals surface area (Å²) in [4.78, 5) is 25.6. The SMILES string of the molecule is CC1CCN(C(=O)CC(=O)Nc2ccc(Cl)cc2C(F)(F)F)CC1. The molecule has 132 valence electrons. The summed E-state index contributed by atoms with van der Waals surface area (Å²) < 4.78 is 39.0. The maximum absolute atomic E-state index is 13.0. The minimum Gasteiger partial charge on any atom is -0.342 e. The number of anilines is 1. The highest BCUT2D eigenvalue weighted by molar-refractivity contribution is 6.30. The zero-order valence-electron chi connectivity index (χ0n) is 13.1. The van der Waals surface area contributed by atoms with Gasteiger partial charge in [0.2, 0.25) is 11.8 Å². The van der Waals surface area contributed by atoms with E-state index in [1.807, 2.05) is 0 Å². The van der Waals surface area contributed by atoms with Gasteiger partial charge < -0.3 is 10.2 Å². The molecule has 0 radical (unpaired) electrons. The second-order valence-corrected chi connectivity index (χ2v) is 6.41. The number of carbonyl (C=O) groups is 2. The third kappa shape index (κ3) is 4.87. The summed E-state index contributed by atoms with van der Waals surface area (Å²) in [5, 5.41) is 2.07. The van der Waals surface area contributed by atoms with Gasteiger partial charge in [-0.05, 0) is 37.0 Å². The van der Waals surface area contributed by atoms with Gasteiger partial charge in [-0.15, -0.1) is 0 Å². The number of benzene rings is 1. The molecule has 0 spiro atoms. The van der Waals surface area contributed by atoms with Crippen molar-refractivity contribution in [3.8, 4) is 0 Å². The van der Waals surface area contributed by atoms with Crippen molar-refractivity contribution in [2.45, 2.75) is 32.4 Å². The minimum atomic E-state index is -4.65. The monoisotopic (exact) mass is 362 g/mol. The number of alkyl halides is 3. The quantitative estimate of drug-likeness (QED) is 0.828. The van der Waals surface area contributed by atoms with Crippen LogP contribution in [-0.2, 0) is 15.8 Å². The Morgan fingerprint density at radius 2 is 1.92 bits per heavy atom. The molecule has 1 heterocycles. The number of hydrogen-bond donors (Lipinski definition) is 1. The Morgan fingerprint density at radius 1 is 1.29 bits per heavy atom. The van der Waals surface area contributed by atoms with Gasteiger partial charge in [-0.25, -0.2) is 0 Å². The molecule has 0 saturated carbocycles. The van der Waals surface area contributed by atoms with Crippen molar-refractivity contribution in [3.05, 3.63) is 28.8 Å². The van der Waals surface area contributed by atoms with E-state index in [1.54, 1.807) is 4.90 Å². The molecular formula is C16H18ClF3N2O2. The average molecular weight is 363 g/mol. The first kappa shape index (κ1) is 18.6. The van der Waals surface area contributed by atoms with Crippen molar-refractivity contribution in [1.29, 1.82) is 0 Å². The van der Waals surface area contributed by atoms with Crippen molar-refractivity contribution < 1.29 is 22.8 Å². The maximum Gasteiger partial charge on any atom is 0.418 e. The molecule has 1 saturated heterocycles. The molecule has 24 heavy (non-hydrogen) atoms. The van der Waals surface area contributed by atoms with E-state index in [0.29, 0.717) is 19.0 Å². The van der Waals surface area contributed by atoms with Crippen LogP contribution in [0, 0.1) is 5.92 Å². The topological polar surface area (TPSA) is 49.4 Å². The number of halogens is 4. The van der Waals surface area contributed by atoms with E-state index in [2.05, 4.69) is 12.2 Å². The number of nitrogens with one attached hydrogen (secondary N) is 1. The van der Waals surface area contributed by atoms with Crippen molar-refractivity contribution in [2.75, 3.05) is 18.4 Å². The lowest BCUT2D eigenvalue weighted by Gasteiger charge is -2.30. The molecular weight excluding hydrogens is 345 g/mol. The Bertz CT molecular complexity index is 626. The molecule has 0 atom stereocenters. The fourth-order valence-electron chi connectivity index (χ4n) is 2.56. The third-order valence-electron chi connectivity index (χ3n) is 4.01. The molecule has 1 aliphatic rings. The van der Waals surface area contributed by atoms with Crippen LogP contribution in [0.4, 0.5) is 18.9 Å². The van der Waals surface area contributed by atoms with Crippen LogP contribution in [-0.4, -0.2) is 29.8 Å².